The van der Waals surface area contributed by atoms with Crippen LogP contribution in [0.1, 0.15) is 24.1 Å². The van der Waals surface area contributed by atoms with Crippen molar-refractivity contribution in [2.45, 2.75) is 20.4 Å². The average Bonchev–Trinajstić information content (AvgIpc) is 3.22. The van der Waals surface area contributed by atoms with Gasteiger partial charge in [-0.1, -0.05) is 17.3 Å². The second kappa shape index (κ2) is 7.71. The van der Waals surface area contributed by atoms with Gasteiger partial charge in [-0.2, -0.15) is 4.98 Å². The molecule has 0 aliphatic heterocycles. The molecule has 0 bridgehead atoms. The van der Waals surface area contributed by atoms with E-state index in [1.165, 1.54) is 0 Å². The van der Waals surface area contributed by atoms with Crippen molar-refractivity contribution in [2.75, 3.05) is 7.11 Å². The number of rotatable bonds is 5. The Labute approximate surface area is 167 Å². The quantitative estimate of drug-likeness (QED) is 0.515. The zero-order chi connectivity index (χ0) is 20.4. The third-order valence-electron chi connectivity index (χ3n) is 4.66. The number of aryl methyl sites for hydroxylation is 2. The van der Waals surface area contributed by atoms with Crippen LogP contribution in [0.15, 0.2) is 51.8 Å². The van der Waals surface area contributed by atoms with Crippen molar-refractivity contribution >= 4 is 23.2 Å². The Morgan fingerprint density at radius 1 is 1.10 bits per heavy atom. The molecule has 0 spiro atoms. The highest BCUT2D eigenvalue weighted by Gasteiger charge is 2.11. The van der Waals surface area contributed by atoms with Crippen LogP contribution in [0, 0.1) is 6.92 Å². The molecule has 29 heavy (non-hydrogen) atoms. The van der Waals surface area contributed by atoms with Gasteiger partial charge in [-0.3, -0.25) is 4.79 Å². The molecular weight excluding hydrogens is 368 g/mol. The summed E-state index contributed by atoms with van der Waals surface area (Å²) >= 11 is 0. The molecule has 0 amide bonds. The largest absolute Gasteiger partial charge is 0.497 e. The highest BCUT2D eigenvalue weighted by atomic mass is 16.5. The SMILES string of the molecule is CCn1c(=O)c(C)nc2cc(-c3noc(C=Cc4ccc(OC)cc4)n3)ccc21. The fourth-order valence-electron chi connectivity index (χ4n) is 3.13. The number of methoxy groups -OCH3 is 1. The predicted molar refractivity (Wildman–Crippen MR) is 112 cm³/mol. The first-order chi connectivity index (χ1) is 14.1. The Kier molecular flexibility index (Phi) is 4.95. The minimum atomic E-state index is -0.0710. The summed E-state index contributed by atoms with van der Waals surface area (Å²) in [5.41, 5.74) is 3.68. The van der Waals surface area contributed by atoms with Crippen molar-refractivity contribution < 1.29 is 9.26 Å². The zero-order valence-corrected chi connectivity index (χ0v) is 16.4. The van der Waals surface area contributed by atoms with E-state index in [-0.39, 0.29) is 5.56 Å². The molecule has 2 aromatic carbocycles. The molecule has 0 unspecified atom stereocenters. The third kappa shape index (κ3) is 3.67. The van der Waals surface area contributed by atoms with Crippen molar-refractivity contribution in [3.05, 3.63) is 70.0 Å². The van der Waals surface area contributed by atoms with Crippen molar-refractivity contribution in [2.24, 2.45) is 0 Å². The first kappa shape index (κ1) is 18.6. The molecule has 2 aromatic heterocycles. The summed E-state index contributed by atoms with van der Waals surface area (Å²) in [5.74, 6) is 1.67. The Hall–Kier alpha value is -3.74. The molecule has 0 saturated heterocycles. The van der Waals surface area contributed by atoms with E-state index in [9.17, 15) is 4.79 Å². The van der Waals surface area contributed by atoms with Crippen LogP contribution in [0.5, 0.6) is 5.75 Å². The van der Waals surface area contributed by atoms with Gasteiger partial charge in [0.2, 0.25) is 5.82 Å². The van der Waals surface area contributed by atoms with Crippen LogP contribution in [0.4, 0.5) is 0 Å². The number of hydrogen-bond acceptors (Lipinski definition) is 6. The zero-order valence-electron chi connectivity index (χ0n) is 16.4. The maximum absolute atomic E-state index is 12.2. The van der Waals surface area contributed by atoms with Crippen LogP contribution < -0.4 is 10.3 Å². The standard InChI is InChI=1S/C22H20N4O3/c1-4-26-19-11-8-16(13-18(19)23-14(2)22(26)27)21-24-20(29-25-21)12-7-15-5-9-17(28-3)10-6-15/h5-13H,4H2,1-3H3. The van der Waals surface area contributed by atoms with E-state index < -0.39 is 0 Å². The van der Waals surface area contributed by atoms with Crippen LogP contribution >= 0.6 is 0 Å². The maximum Gasteiger partial charge on any atom is 0.272 e. The number of ether oxygens (including phenoxy) is 1. The number of fused-ring (bicyclic) bond motifs is 1. The smallest absolute Gasteiger partial charge is 0.272 e. The lowest BCUT2D eigenvalue weighted by atomic mass is 10.1. The van der Waals surface area contributed by atoms with Crippen LogP contribution in [-0.4, -0.2) is 26.8 Å². The molecule has 0 N–H and O–H groups in total. The van der Waals surface area contributed by atoms with Crippen molar-refractivity contribution in [1.29, 1.82) is 0 Å². The van der Waals surface area contributed by atoms with Crippen LogP contribution in [0.3, 0.4) is 0 Å². The van der Waals surface area contributed by atoms with Crippen LogP contribution in [0.2, 0.25) is 0 Å². The van der Waals surface area contributed by atoms with Gasteiger partial charge < -0.3 is 13.8 Å². The lowest BCUT2D eigenvalue weighted by Crippen LogP contribution is -2.23. The molecule has 0 radical (unpaired) electrons. The molecule has 0 aliphatic carbocycles. The van der Waals surface area contributed by atoms with Crippen molar-refractivity contribution in [3.8, 4) is 17.1 Å². The van der Waals surface area contributed by atoms with Gasteiger partial charge in [0.05, 0.1) is 18.1 Å². The lowest BCUT2D eigenvalue weighted by molar-refractivity contribution is 0.411. The minimum absolute atomic E-state index is 0.0710. The van der Waals surface area contributed by atoms with Gasteiger partial charge >= 0.3 is 0 Å². The molecule has 7 nitrogen and oxygen atoms in total. The van der Waals surface area contributed by atoms with Gasteiger partial charge in [0.15, 0.2) is 0 Å². The van der Waals surface area contributed by atoms with Gasteiger partial charge in [-0.15, -0.1) is 0 Å². The van der Waals surface area contributed by atoms with E-state index in [1.54, 1.807) is 24.7 Å². The Morgan fingerprint density at radius 2 is 1.90 bits per heavy atom. The monoisotopic (exact) mass is 388 g/mol. The van der Waals surface area contributed by atoms with E-state index in [2.05, 4.69) is 15.1 Å². The maximum atomic E-state index is 12.2. The van der Waals surface area contributed by atoms with Gasteiger partial charge in [-0.05, 0) is 55.8 Å². The second-order valence-electron chi connectivity index (χ2n) is 6.51. The first-order valence-electron chi connectivity index (χ1n) is 9.26. The fourth-order valence-corrected chi connectivity index (χ4v) is 3.13. The molecular formula is C22H20N4O3. The molecule has 4 aromatic rings. The summed E-state index contributed by atoms with van der Waals surface area (Å²) in [4.78, 5) is 21.1. The summed E-state index contributed by atoms with van der Waals surface area (Å²) in [7, 11) is 1.63. The second-order valence-corrected chi connectivity index (χ2v) is 6.51. The van der Waals surface area contributed by atoms with Gasteiger partial charge in [0.25, 0.3) is 11.4 Å². The molecule has 0 saturated carbocycles. The Bertz CT molecular complexity index is 1250. The summed E-state index contributed by atoms with van der Waals surface area (Å²) in [5, 5.41) is 4.06. The van der Waals surface area contributed by atoms with E-state index in [4.69, 9.17) is 9.26 Å². The van der Waals surface area contributed by atoms with Gasteiger partial charge in [-0.25, -0.2) is 4.98 Å². The summed E-state index contributed by atoms with van der Waals surface area (Å²) in [6, 6.07) is 13.3. The normalized spacial score (nSPS) is 11.4. The summed E-state index contributed by atoms with van der Waals surface area (Å²) in [6.45, 7) is 4.24. The molecule has 7 heteroatoms. The number of benzene rings is 2. The highest BCUT2D eigenvalue weighted by Crippen LogP contribution is 2.22. The first-order valence-corrected chi connectivity index (χ1v) is 9.26. The van der Waals surface area contributed by atoms with Gasteiger partial charge in [0, 0.05) is 18.2 Å². The number of hydrogen-bond donors (Lipinski definition) is 0. The van der Waals surface area contributed by atoms with E-state index >= 15 is 0 Å². The molecule has 146 valence electrons. The number of aromatic nitrogens is 4. The van der Waals surface area contributed by atoms with Crippen molar-refractivity contribution in [3.63, 3.8) is 0 Å². The predicted octanol–water partition coefficient (Wildman–Crippen LogP) is 3.95. The Balaban J connectivity index is 1.63. The molecule has 0 fully saturated rings. The molecule has 0 aliphatic rings. The summed E-state index contributed by atoms with van der Waals surface area (Å²) in [6.07, 6.45) is 3.65. The van der Waals surface area contributed by atoms with Crippen molar-refractivity contribution in [1.82, 2.24) is 19.7 Å². The van der Waals surface area contributed by atoms with Crippen LogP contribution in [-0.2, 0) is 6.54 Å². The minimum Gasteiger partial charge on any atom is -0.497 e. The molecule has 2 heterocycles. The topological polar surface area (TPSA) is 83.0 Å². The highest BCUT2D eigenvalue weighted by molar-refractivity contribution is 5.80. The fraction of sp³-hybridized carbons (Fsp3) is 0.182. The Morgan fingerprint density at radius 3 is 2.62 bits per heavy atom. The van der Waals surface area contributed by atoms with E-state index in [1.807, 2.05) is 55.5 Å². The van der Waals surface area contributed by atoms with E-state index in [0.717, 1.165) is 27.9 Å². The molecule has 4 rings (SSSR count). The van der Waals surface area contributed by atoms with E-state index in [0.29, 0.717) is 24.0 Å². The average molecular weight is 388 g/mol. The van der Waals surface area contributed by atoms with Crippen LogP contribution in [0.25, 0.3) is 34.6 Å². The number of nitrogens with zero attached hydrogens (tertiary/aromatic N) is 4. The van der Waals surface area contributed by atoms with Gasteiger partial charge in [0.1, 0.15) is 11.4 Å². The molecule has 0 atom stereocenters. The lowest BCUT2D eigenvalue weighted by Gasteiger charge is -2.09. The third-order valence-corrected chi connectivity index (χ3v) is 4.66. The summed E-state index contributed by atoms with van der Waals surface area (Å²) < 4.78 is 12.2.